The Labute approximate surface area is 199 Å². The zero-order valence-corrected chi connectivity index (χ0v) is 22.4. The van der Waals surface area contributed by atoms with Crippen molar-refractivity contribution in [2.75, 3.05) is 13.2 Å². The van der Waals surface area contributed by atoms with Crippen LogP contribution in [0.4, 0.5) is 0 Å². The van der Waals surface area contributed by atoms with Crippen molar-refractivity contribution in [3.8, 4) is 0 Å². The number of hydrogen-bond donors (Lipinski definition) is 0. The van der Waals surface area contributed by atoms with E-state index in [9.17, 15) is 9.59 Å². The van der Waals surface area contributed by atoms with Crippen molar-refractivity contribution in [3.05, 3.63) is 0 Å². The minimum absolute atomic E-state index is 0.0612. The van der Waals surface area contributed by atoms with Gasteiger partial charge in [0, 0.05) is 12.8 Å². The zero-order chi connectivity index (χ0) is 24.3. The van der Waals surface area contributed by atoms with E-state index in [-0.39, 0.29) is 22.8 Å². The van der Waals surface area contributed by atoms with E-state index in [0.717, 1.165) is 51.4 Å². The van der Waals surface area contributed by atoms with E-state index in [1.807, 2.05) is 0 Å². The summed E-state index contributed by atoms with van der Waals surface area (Å²) in [6, 6.07) is 0. The van der Waals surface area contributed by atoms with Gasteiger partial charge in [0.1, 0.15) is 0 Å². The van der Waals surface area contributed by atoms with E-state index in [1.165, 1.54) is 38.5 Å². The third-order valence-electron chi connectivity index (χ3n) is 6.17. The minimum Gasteiger partial charge on any atom is -0.465 e. The highest BCUT2D eigenvalue weighted by Crippen LogP contribution is 2.25. The van der Waals surface area contributed by atoms with Crippen LogP contribution in [0.15, 0.2) is 0 Å². The van der Waals surface area contributed by atoms with Crippen LogP contribution >= 0.6 is 0 Å². The van der Waals surface area contributed by atoms with E-state index in [1.54, 1.807) is 0 Å². The van der Waals surface area contributed by atoms with Gasteiger partial charge in [-0.25, -0.2) is 0 Å². The quantitative estimate of drug-likeness (QED) is 0.129. The molecule has 0 aromatic carbocycles. The summed E-state index contributed by atoms with van der Waals surface area (Å²) in [5.41, 5.74) is 0.160. The lowest BCUT2D eigenvalue weighted by Gasteiger charge is -2.24. The van der Waals surface area contributed by atoms with Gasteiger partial charge >= 0.3 is 11.9 Å². The molecule has 32 heavy (non-hydrogen) atoms. The molecule has 190 valence electrons. The number of hydrogen-bond acceptors (Lipinski definition) is 4. The summed E-state index contributed by atoms with van der Waals surface area (Å²) >= 11 is 0. The predicted molar refractivity (Wildman–Crippen MR) is 135 cm³/mol. The lowest BCUT2D eigenvalue weighted by atomic mass is 9.88. The Morgan fingerprint density at radius 3 is 1.22 bits per heavy atom. The monoisotopic (exact) mass is 454 g/mol. The molecule has 0 saturated heterocycles. The summed E-state index contributed by atoms with van der Waals surface area (Å²) in [6.45, 7) is 14.2. The molecule has 0 saturated carbocycles. The second-order valence-corrected chi connectivity index (χ2v) is 11.2. The third kappa shape index (κ3) is 19.6. The third-order valence-corrected chi connectivity index (χ3v) is 6.17. The topological polar surface area (TPSA) is 52.6 Å². The number of unbranched alkanes of at least 4 members (excludes halogenated alkanes) is 9. The maximum Gasteiger partial charge on any atom is 0.305 e. The van der Waals surface area contributed by atoms with E-state index < -0.39 is 0 Å². The zero-order valence-electron chi connectivity index (χ0n) is 22.4. The number of carbonyl (C=O) groups is 2. The molecular formula is C28H54O4. The molecule has 0 atom stereocenters. The van der Waals surface area contributed by atoms with Gasteiger partial charge in [-0.2, -0.15) is 0 Å². The lowest BCUT2D eigenvalue weighted by Crippen LogP contribution is -2.22. The first-order chi connectivity index (χ1) is 15.1. The number of carbonyl (C=O) groups excluding carboxylic acids is 2. The Balaban J connectivity index is 3.63. The summed E-state index contributed by atoms with van der Waals surface area (Å²) in [5.74, 6) is -0.122. The van der Waals surface area contributed by atoms with Gasteiger partial charge in [-0.1, -0.05) is 106 Å². The van der Waals surface area contributed by atoms with Crippen LogP contribution in [0.2, 0.25) is 0 Å². The van der Waals surface area contributed by atoms with Crippen molar-refractivity contribution in [1.29, 1.82) is 0 Å². The molecule has 0 heterocycles. The molecule has 0 aromatic heterocycles. The van der Waals surface area contributed by atoms with Crippen LogP contribution in [0.1, 0.15) is 144 Å². The Morgan fingerprint density at radius 2 is 0.875 bits per heavy atom. The van der Waals surface area contributed by atoms with Gasteiger partial charge in [-0.05, 0) is 36.5 Å². The highest BCUT2D eigenvalue weighted by molar-refractivity contribution is 5.69. The first kappa shape index (κ1) is 30.9. The van der Waals surface area contributed by atoms with Crippen LogP contribution in [-0.2, 0) is 19.1 Å². The maximum absolute atomic E-state index is 12.0. The Hall–Kier alpha value is -1.06. The van der Waals surface area contributed by atoms with Crippen molar-refractivity contribution >= 4 is 11.9 Å². The smallest absolute Gasteiger partial charge is 0.305 e. The Morgan fingerprint density at radius 1 is 0.531 bits per heavy atom. The van der Waals surface area contributed by atoms with Crippen molar-refractivity contribution in [3.63, 3.8) is 0 Å². The summed E-state index contributed by atoms with van der Waals surface area (Å²) in [6.07, 6.45) is 16.7. The summed E-state index contributed by atoms with van der Waals surface area (Å²) in [5, 5.41) is 0. The highest BCUT2D eigenvalue weighted by Gasteiger charge is 2.20. The maximum atomic E-state index is 12.0. The number of rotatable bonds is 21. The fraction of sp³-hybridized carbons (Fsp3) is 0.929. The van der Waals surface area contributed by atoms with Crippen molar-refractivity contribution in [2.24, 2.45) is 10.8 Å². The molecule has 0 unspecified atom stereocenters. The molecule has 0 amide bonds. The molecule has 0 radical (unpaired) electrons. The van der Waals surface area contributed by atoms with E-state index >= 15 is 0 Å². The van der Waals surface area contributed by atoms with Gasteiger partial charge in [-0.15, -0.1) is 0 Å². The molecule has 4 heteroatoms. The first-order valence-electron chi connectivity index (χ1n) is 13.4. The van der Waals surface area contributed by atoms with E-state index in [0.29, 0.717) is 26.1 Å². The largest absolute Gasteiger partial charge is 0.465 e. The minimum atomic E-state index is -0.0612. The second-order valence-electron chi connectivity index (χ2n) is 11.2. The van der Waals surface area contributed by atoms with Gasteiger partial charge in [-0.3, -0.25) is 9.59 Å². The van der Waals surface area contributed by atoms with Crippen LogP contribution in [0.3, 0.4) is 0 Å². The second kappa shape index (κ2) is 18.4. The van der Waals surface area contributed by atoms with E-state index in [2.05, 4.69) is 41.5 Å². The standard InChI is InChI=1S/C28H54O4/c1-7-9-17-21-27(3,4)23-31-25(29)19-15-13-11-12-14-16-20-26(30)32-24-28(5,6)22-18-10-8-2/h7-24H2,1-6H3. The molecule has 0 N–H and O–H groups in total. The van der Waals surface area contributed by atoms with Gasteiger partial charge in [0.25, 0.3) is 0 Å². The Kier molecular flexibility index (Phi) is 17.8. The first-order valence-corrected chi connectivity index (χ1v) is 13.4. The molecular weight excluding hydrogens is 400 g/mol. The van der Waals surface area contributed by atoms with Gasteiger partial charge in [0.2, 0.25) is 0 Å². The molecule has 4 nitrogen and oxygen atoms in total. The summed E-state index contributed by atoms with van der Waals surface area (Å²) < 4.78 is 11.0. The van der Waals surface area contributed by atoms with Gasteiger partial charge in [0.15, 0.2) is 0 Å². The average molecular weight is 455 g/mol. The summed E-state index contributed by atoms with van der Waals surface area (Å²) in [4.78, 5) is 23.9. The molecule has 0 aliphatic carbocycles. The van der Waals surface area contributed by atoms with Crippen LogP contribution in [0.25, 0.3) is 0 Å². The van der Waals surface area contributed by atoms with Crippen LogP contribution < -0.4 is 0 Å². The highest BCUT2D eigenvalue weighted by atomic mass is 16.5. The SMILES string of the molecule is CCCCCC(C)(C)COC(=O)CCCCCCCCC(=O)OCC(C)(C)CCCCC. The lowest BCUT2D eigenvalue weighted by molar-refractivity contribution is -0.147. The van der Waals surface area contributed by atoms with Gasteiger partial charge < -0.3 is 9.47 Å². The normalized spacial score (nSPS) is 12.1. The molecule has 0 rings (SSSR count). The predicted octanol–water partition coefficient (Wildman–Crippen LogP) is 8.41. The van der Waals surface area contributed by atoms with Crippen LogP contribution in [0.5, 0.6) is 0 Å². The fourth-order valence-corrected chi connectivity index (χ4v) is 3.79. The van der Waals surface area contributed by atoms with Crippen molar-refractivity contribution < 1.29 is 19.1 Å². The number of ether oxygens (including phenoxy) is 2. The molecule has 0 aliphatic rings. The molecule has 0 aromatic rings. The van der Waals surface area contributed by atoms with Crippen molar-refractivity contribution in [2.45, 2.75) is 144 Å². The van der Waals surface area contributed by atoms with Crippen LogP contribution in [0, 0.1) is 10.8 Å². The van der Waals surface area contributed by atoms with Crippen LogP contribution in [-0.4, -0.2) is 25.2 Å². The molecule has 0 spiro atoms. The van der Waals surface area contributed by atoms with Crippen molar-refractivity contribution in [1.82, 2.24) is 0 Å². The number of esters is 2. The molecule has 0 fully saturated rings. The Bertz CT molecular complexity index is 438. The average Bonchev–Trinajstić information content (AvgIpc) is 2.73. The van der Waals surface area contributed by atoms with E-state index in [4.69, 9.17) is 9.47 Å². The molecule has 0 bridgehead atoms. The fourth-order valence-electron chi connectivity index (χ4n) is 3.79. The summed E-state index contributed by atoms with van der Waals surface area (Å²) in [7, 11) is 0. The molecule has 0 aliphatic heterocycles. The van der Waals surface area contributed by atoms with Gasteiger partial charge in [0.05, 0.1) is 13.2 Å².